The number of benzene rings is 1. The predicted octanol–water partition coefficient (Wildman–Crippen LogP) is 4.65. The molecule has 1 aliphatic rings. The molecule has 1 aliphatic heterocycles. The lowest BCUT2D eigenvalue weighted by Gasteiger charge is -2.11. The molecule has 3 nitrogen and oxygen atoms in total. The number of hydrogen-bond donors (Lipinski definition) is 0. The minimum absolute atomic E-state index is 0.783. The van der Waals surface area contributed by atoms with Gasteiger partial charge in [0, 0.05) is 23.1 Å². The lowest BCUT2D eigenvalue weighted by Crippen LogP contribution is -2.18. The van der Waals surface area contributed by atoms with E-state index in [2.05, 4.69) is 38.8 Å². The van der Waals surface area contributed by atoms with E-state index in [0.717, 1.165) is 47.7 Å². The molecule has 0 spiro atoms. The van der Waals surface area contributed by atoms with Gasteiger partial charge >= 0.3 is 0 Å². The zero-order valence-corrected chi connectivity index (χ0v) is 13.8. The van der Waals surface area contributed by atoms with E-state index in [0.29, 0.717) is 0 Å². The quantitative estimate of drug-likeness (QED) is 0.754. The van der Waals surface area contributed by atoms with Crippen LogP contribution in [0.25, 0.3) is 11.3 Å². The van der Waals surface area contributed by atoms with E-state index in [1.807, 2.05) is 30.5 Å². The van der Waals surface area contributed by atoms with Crippen LogP contribution in [0.15, 0.2) is 51.0 Å². The average molecular weight is 347 g/mol. The third kappa shape index (κ3) is 3.44. The molecule has 0 saturated carbocycles. The first-order valence-corrected chi connectivity index (χ1v) is 8.15. The molecule has 4 heteroatoms. The highest BCUT2D eigenvalue weighted by Gasteiger charge is 2.18. The van der Waals surface area contributed by atoms with E-state index < -0.39 is 0 Å². The van der Waals surface area contributed by atoms with Gasteiger partial charge in [0.2, 0.25) is 5.89 Å². The van der Waals surface area contributed by atoms with Gasteiger partial charge in [-0.05, 0) is 18.9 Å². The van der Waals surface area contributed by atoms with Crippen LogP contribution < -0.4 is 0 Å². The molecule has 2 heterocycles. The molecular formula is C17H19BrN2O. The lowest BCUT2D eigenvalue weighted by atomic mass is 10.2. The number of nitrogens with zero attached hydrogens (tertiary/aromatic N) is 2. The maximum Gasteiger partial charge on any atom is 0.209 e. The molecule has 1 aromatic carbocycles. The molecule has 0 aliphatic carbocycles. The Balaban J connectivity index is 1.69. The van der Waals surface area contributed by atoms with Crippen LogP contribution in [0.5, 0.6) is 0 Å². The summed E-state index contributed by atoms with van der Waals surface area (Å²) in [5.74, 6) is 1.61. The van der Waals surface area contributed by atoms with Gasteiger partial charge in [-0.15, -0.1) is 0 Å². The Bertz CT molecular complexity index is 648. The number of likely N-dealkylation sites (tertiary alicyclic amines) is 1. The molecule has 110 valence electrons. The number of oxazole rings is 1. The molecule has 3 rings (SSSR count). The normalized spacial score (nSPS) is 17.7. The summed E-state index contributed by atoms with van der Waals surface area (Å²) in [6.07, 6.45) is 6.44. The van der Waals surface area contributed by atoms with Gasteiger partial charge in [-0.3, -0.25) is 4.90 Å². The molecule has 0 atom stereocenters. The van der Waals surface area contributed by atoms with E-state index in [4.69, 9.17) is 4.42 Å². The molecule has 2 aromatic rings. The van der Waals surface area contributed by atoms with Crippen molar-refractivity contribution in [2.24, 2.45) is 0 Å². The van der Waals surface area contributed by atoms with Gasteiger partial charge in [0.05, 0.1) is 12.7 Å². The standard InChI is InChI=1S/C17H19BrN2O/c1-2-5-13-8-9-20(11-13)12-17-19-10-16(21-17)14-6-3-4-7-15(14)18/h3-7,10H,2,8-9,11-12H2,1H3/b13-5-. The SMILES string of the molecule is CC/C=C1/CCN(Cc2ncc(-c3ccccc3Br)o2)C1. The highest BCUT2D eigenvalue weighted by atomic mass is 79.9. The summed E-state index contributed by atoms with van der Waals surface area (Å²) in [7, 11) is 0. The van der Waals surface area contributed by atoms with Crippen LogP contribution in [-0.2, 0) is 6.54 Å². The molecule has 1 saturated heterocycles. The zero-order valence-electron chi connectivity index (χ0n) is 12.2. The summed E-state index contributed by atoms with van der Waals surface area (Å²) in [5, 5.41) is 0. The van der Waals surface area contributed by atoms with Gasteiger partial charge in [0.1, 0.15) is 0 Å². The van der Waals surface area contributed by atoms with Gasteiger partial charge in [0.15, 0.2) is 5.76 Å². The predicted molar refractivity (Wildman–Crippen MR) is 87.9 cm³/mol. The average Bonchev–Trinajstić information content (AvgIpc) is 3.10. The van der Waals surface area contributed by atoms with Crippen LogP contribution in [0, 0.1) is 0 Å². The second-order valence-electron chi connectivity index (χ2n) is 5.33. The van der Waals surface area contributed by atoms with Crippen molar-refractivity contribution in [2.45, 2.75) is 26.3 Å². The fourth-order valence-corrected chi connectivity index (χ4v) is 3.18. The number of allylic oxidation sites excluding steroid dienone is 1. The van der Waals surface area contributed by atoms with E-state index in [1.54, 1.807) is 0 Å². The van der Waals surface area contributed by atoms with E-state index >= 15 is 0 Å². The molecule has 0 N–H and O–H groups in total. The van der Waals surface area contributed by atoms with Crippen LogP contribution in [0.3, 0.4) is 0 Å². The molecule has 0 bridgehead atoms. The van der Waals surface area contributed by atoms with Gasteiger partial charge in [-0.1, -0.05) is 52.7 Å². The first kappa shape index (κ1) is 14.5. The monoisotopic (exact) mass is 346 g/mol. The van der Waals surface area contributed by atoms with Gasteiger partial charge in [0.25, 0.3) is 0 Å². The zero-order chi connectivity index (χ0) is 14.7. The molecule has 0 radical (unpaired) electrons. The summed E-state index contributed by atoms with van der Waals surface area (Å²) in [6, 6.07) is 8.05. The minimum Gasteiger partial charge on any atom is -0.439 e. The summed E-state index contributed by atoms with van der Waals surface area (Å²) in [4.78, 5) is 6.81. The number of hydrogen-bond acceptors (Lipinski definition) is 3. The fourth-order valence-electron chi connectivity index (χ4n) is 2.70. The molecule has 0 unspecified atom stereocenters. The third-order valence-electron chi connectivity index (χ3n) is 3.72. The van der Waals surface area contributed by atoms with Gasteiger partial charge in [-0.2, -0.15) is 0 Å². The number of rotatable bonds is 4. The smallest absolute Gasteiger partial charge is 0.209 e. The Morgan fingerprint density at radius 1 is 1.38 bits per heavy atom. The molecular weight excluding hydrogens is 328 g/mol. The Morgan fingerprint density at radius 3 is 3.05 bits per heavy atom. The summed E-state index contributed by atoms with van der Waals surface area (Å²) < 4.78 is 6.94. The van der Waals surface area contributed by atoms with E-state index in [-0.39, 0.29) is 0 Å². The van der Waals surface area contributed by atoms with Crippen molar-refractivity contribution in [3.8, 4) is 11.3 Å². The maximum atomic E-state index is 5.91. The Morgan fingerprint density at radius 2 is 2.24 bits per heavy atom. The van der Waals surface area contributed by atoms with E-state index in [1.165, 1.54) is 12.0 Å². The van der Waals surface area contributed by atoms with Crippen LogP contribution in [0.2, 0.25) is 0 Å². The van der Waals surface area contributed by atoms with Crippen molar-refractivity contribution < 1.29 is 4.42 Å². The largest absolute Gasteiger partial charge is 0.439 e. The lowest BCUT2D eigenvalue weighted by molar-refractivity contribution is 0.297. The second kappa shape index (κ2) is 6.58. The first-order valence-electron chi connectivity index (χ1n) is 7.36. The Kier molecular flexibility index (Phi) is 4.56. The van der Waals surface area contributed by atoms with E-state index in [9.17, 15) is 0 Å². The van der Waals surface area contributed by atoms with Gasteiger partial charge in [-0.25, -0.2) is 4.98 Å². The van der Waals surface area contributed by atoms with Crippen LogP contribution in [-0.4, -0.2) is 23.0 Å². The molecule has 21 heavy (non-hydrogen) atoms. The second-order valence-corrected chi connectivity index (χ2v) is 6.18. The van der Waals surface area contributed by atoms with Crippen molar-refractivity contribution in [2.75, 3.05) is 13.1 Å². The molecule has 1 aromatic heterocycles. The highest BCUT2D eigenvalue weighted by Crippen LogP contribution is 2.29. The topological polar surface area (TPSA) is 29.3 Å². The fraction of sp³-hybridized carbons (Fsp3) is 0.353. The number of aromatic nitrogens is 1. The number of halogens is 1. The molecule has 0 amide bonds. The maximum absolute atomic E-state index is 5.91. The van der Waals surface area contributed by atoms with Crippen molar-refractivity contribution in [1.29, 1.82) is 0 Å². The van der Waals surface area contributed by atoms with Crippen molar-refractivity contribution >= 4 is 15.9 Å². The van der Waals surface area contributed by atoms with Crippen LogP contribution in [0.1, 0.15) is 25.7 Å². The Labute approximate surface area is 133 Å². The summed E-state index contributed by atoms with van der Waals surface area (Å²) in [6.45, 7) is 5.11. The Hall–Kier alpha value is -1.39. The van der Waals surface area contributed by atoms with Crippen LogP contribution in [0.4, 0.5) is 0 Å². The van der Waals surface area contributed by atoms with Crippen molar-refractivity contribution in [3.63, 3.8) is 0 Å². The van der Waals surface area contributed by atoms with Crippen molar-refractivity contribution in [1.82, 2.24) is 9.88 Å². The molecule has 1 fully saturated rings. The third-order valence-corrected chi connectivity index (χ3v) is 4.41. The van der Waals surface area contributed by atoms with Crippen molar-refractivity contribution in [3.05, 3.63) is 52.5 Å². The van der Waals surface area contributed by atoms with Gasteiger partial charge < -0.3 is 4.42 Å². The minimum atomic E-state index is 0.783. The summed E-state index contributed by atoms with van der Waals surface area (Å²) in [5.41, 5.74) is 2.58. The first-order chi connectivity index (χ1) is 10.3. The summed E-state index contributed by atoms with van der Waals surface area (Å²) >= 11 is 3.55. The van der Waals surface area contributed by atoms with Crippen LogP contribution >= 0.6 is 15.9 Å². The highest BCUT2D eigenvalue weighted by molar-refractivity contribution is 9.10.